The first-order chi connectivity index (χ1) is 11.3. The van der Waals surface area contributed by atoms with Gasteiger partial charge in [0.1, 0.15) is 5.75 Å². The summed E-state index contributed by atoms with van der Waals surface area (Å²) in [6, 6.07) is 19.0. The number of benzene rings is 2. The molecule has 0 saturated carbocycles. The van der Waals surface area contributed by atoms with Crippen LogP contribution in [-0.2, 0) is 0 Å². The molecule has 0 aliphatic rings. The van der Waals surface area contributed by atoms with Crippen molar-refractivity contribution in [1.29, 1.82) is 0 Å². The monoisotopic (exact) mass is 308 g/mol. The third kappa shape index (κ3) is 5.94. The molecule has 2 aromatic carbocycles. The Balaban J connectivity index is 2.10. The number of allylic oxidation sites excluding steroid dienone is 1. The molecule has 0 radical (unpaired) electrons. The minimum atomic E-state index is 0.906. The smallest absolute Gasteiger partial charge is 0.118 e. The van der Waals surface area contributed by atoms with E-state index in [0.717, 1.165) is 12.2 Å². The maximum absolute atomic E-state index is 5.24. The van der Waals surface area contributed by atoms with E-state index in [1.807, 2.05) is 12.1 Å². The molecule has 0 unspecified atom stereocenters. The number of rotatable bonds is 9. The van der Waals surface area contributed by atoms with Crippen molar-refractivity contribution < 1.29 is 4.74 Å². The number of hydrogen-bond donors (Lipinski definition) is 0. The molecular weight excluding hydrogens is 280 g/mol. The number of ether oxygens (including phenoxy) is 1. The fourth-order valence-corrected chi connectivity index (χ4v) is 2.77. The second-order valence-corrected chi connectivity index (χ2v) is 5.97. The molecule has 0 bridgehead atoms. The van der Waals surface area contributed by atoms with Crippen LogP contribution in [0.15, 0.2) is 54.6 Å². The minimum Gasteiger partial charge on any atom is -0.497 e. The van der Waals surface area contributed by atoms with Gasteiger partial charge < -0.3 is 4.74 Å². The van der Waals surface area contributed by atoms with Gasteiger partial charge in [0, 0.05) is 0 Å². The number of methoxy groups -OCH3 is 1. The van der Waals surface area contributed by atoms with Gasteiger partial charge in [-0.25, -0.2) is 0 Å². The van der Waals surface area contributed by atoms with Crippen LogP contribution in [0.25, 0.3) is 11.6 Å². The quantitative estimate of drug-likeness (QED) is 0.375. The topological polar surface area (TPSA) is 9.23 Å². The Morgan fingerprint density at radius 1 is 0.870 bits per heavy atom. The van der Waals surface area contributed by atoms with Crippen molar-refractivity contribution in [2.75, 3.05) is 7.11 Å². The molecule has 2 rings (SSSR count). The van der Waals surface area contributed by atoms with Crippen LogP contribution in [0.4, 0.5) is 0 Å². The maximum atomic E-state index is 5.24. The van der Waals surface area contributed by atoms with Crippen LogP contribution in [0.1, 0.15) is 56.6 Å². The Bertz CT molecular complexity index is 581. The van der Waals surface area contributed by atoms with E-state index in [-0.39, 0.29) is 0 Å². The van der Waals surface area contributed by atoms with Gasteiger partial charge in [0.05, 0.1) is 7.11 Å². The predicted molar refractivity (Wildman–Crippen MR) is 101 cm³/mol. The van der Waals surface area contributed by atoms with E-state index in [4.69, 9.17) is 4.74 Å². The predicted octanol–water partition coefficient (Wildman–Crippen LogP) is 6.60. The van der Waals surface area contributed by atoms with E-state index in [1.165, 1.54) is 48.8 Å². The van der Waals surface area contributed by atoms with Crippen molar-refractivity contribution in [1.82, 2.24) is 0 Å². The molecule has 23 heavy (non-hydrogen) atoms. The Labute approximate surface area is 141 Å². The SMILES string of the molecule is CCCCCCC/C(=C/c1ccc(OC)cc1)c1ccccc1. The van der Waals surface area contributed by atoms with Gasteiger partial charge in [0.15, 0.2) is 0 Å². The summed E-state index contributed by atoms with van der Waals surface area (Å²) >= 11 is 0. The lowest BCUT2D eigenvalue weighted by Gasteiger charge is -2.09. The highest BCUT2D eigenvalue weighted by molar-refractivity contribution is 5.81. The zero-order valence-corrected chi connectivity index (χ0v) is 14.4. The average molecular weight is 308 g/mol. The Kier molecular flexibility index (Phi) is 7.45. The summed E-state index contributed by atoms with van der Waals surface area (Å²) in [7, 11) is 1.70. The van der Waals surface area contributed by atoms with Crippen LogP contribution in [0.3, 0.4) is 0 Å². The molecule has 0 saturated heterocycles. The number of hydrogen-bond acceptors (Lipinski definition) is 1. The van der Waals surface area contributed by atoms with Crippen molar-refractivity contribution in [3.63, 3.8) is 0 Å². The average Bonchev–Trinajstić information content (AvgIpc) is 2.62. The van der Waals surface area contributed by atoms with Gasteiger partial charge in [-0.1, -0.05) is 81.1 Å². The Morgan fingerprint density at radius 2 is 1.57 bits per heavy atom. The lowest BCUT2D eigenvalue weighted by atomic mass is 9.97. The van der Waals surface area contributed by atoms with Gasteiger partial charge in [0.25, 0.3) is 0 Å². The molecule has 0 atom stereocenters. The zero-order chi connectivity index (χ0) is 16.3. The van der Waals surface area contributed by atoms with Crippen molar-refractivity contribution in [3.8, 4) is 5.75 Å². The molecule has 0 aliphatic heterocycles. The molecule has 0 N–H and O–H groups in total. The van der Waals surface area contributed by atoms with Gasteiger partial charge >= 0.3 is 0 Å². The Hall–Kier alpha value is -2.02. The van der Waals surface area contributed by atoms with Crippen LogP contribution in [0, 0.1) is 0 Å². The maximum Gasteiger partial charge on any atom is 0.118 e. The second-order valence-electron chi connectivity index (χ2n) is 5.97. The lowest BCUT2D eigenvalue weighted by Crippen LogP contribution is -1.87. The van der Waals surface area contributed by atoms with Crippen LogP contribution in [0.5, 0.6) is 5.75 Å². The summed E-state index contributed by atoms with van der Waals surface area (Å²) in [5.74, 6) is 0.906. The van der Waals surface area contributed by atoms with Gasteiger partial charge in [-0.3, -0.25) is 0 Å². The summed E-state index contributed by atoms with van der Waals surface area (Å²) in [4.78, 5) is 0. The van der Waals surface area contributed by atoms with E-state index in [1.54, 1.807) is 7.11 Å². The normalized spacial score (nSPS) is 11.5. The van der Waals surface area contributed by atoms with E-state index >= 15 is 0 Å². The van der Waals surface area contributed by atoms with Crippen LogP contribution >= 0.6 is 0 Å². The summed E-state index contributed by atoms with van der Waals surface area (Å²) in [6.45, 7) is 2.26. The fraction of sp³-hybridized carbons (Fsp3) is 0.364. The highest BCUT2D eigenvalue weighted by atomic mass is 16.5. The standard InChI is InChI=1S/C22H28O/c1-3-4-5-6-8-13-21(20-11-9-7-10-12-20)18-19-14-16-22(23-2)17-15-19/h7,9-12,14-18H,3-6,8,13H2,1-2H3/b21-18-. The lowest BCUT2D eigenvalue weighted by molar-refractivity contribution is 0.415. The first-order valence-electron chi connectivity index (χ1n) is 8.73. The highest BCUT2D eigenvalue weighted by Gasteiger charge is 2.02. The van der Waals surface area contributed by atoms with Crippen molar-refractivity contribution >= 4 is 11.6 Å². The van der Waals surface area contributed by atoms with E-state index < -0.39 is 0 Å². The summed E-state index contributed by atoms with van der Waals surface area (Å²) in [5.41, 5.74) is 3.99. The van der Waals surface area contributed by atoms with Gasteiger partial charge in [-0.15, -0.1) is 0 Å². The molecular formula is C22H28O. The van der Waals surface area contributed by atoms with Crippen LogP contribution in [0.2, 0.25) is 0 Å². The minimum absolute atomic E-state index is 0.906. The third-order valence-corrected chi connectivity index (χ3v) is 4.15. The molecule has 0 heterocycles. The molecule has 1 heteroatoms. The largest absolute Gasteiger partial charge is 0.497 e. The van der Waals surface area contributed by atoms with E-state index in [0.29, 0.717) is 0 Å². The number of unbranched alkanes of at least 4 members (excludes halogenated alkanes) is 4. The molecule has 0 aliphatic carbocycles. The highest BCUT2D eigenvalue weighted by Crippen LogP contribution is 2.25. The van der Waals surface area contributed by atoms with Crippen molar-refractivity contribution in [2.45, 2.75) is 45.4 Å². The summed E-state index contributed by atoms with van der Waals surface area (Å²) in [5, 5.41) is 0. The van der Waals surface area contributed by atoms with Gasteiger partial charge in [-0.2, -0.15) is 0 Å². The first-order valence-corrected chi connectivity index (χ1v) is 8.73. The summed E-state index contributed by atoms with van der Waals surface area (Å²) < 4.78 is 5.24. The zero-order valence-electron chi connectivity index (χ0n) is 14.4. The molecule has 0 fully saturated rings. The third-order valence-electron chi connectivity index (χ3n) is 4.15. The summed E-state index contributed by atoms with van der Waals surface area (Å²) in [6.07, 6.45) is 10.0. The second kappa shape index (κ2) is 9.89. The molecule has 0 aromatic heterocycles. The van der Waals surface area contributed by atoms with Crippen LogP contribution in [-0.4, -0.2) is 7.11 Å². The van der Waals surface area contributed by atoms with Gasteiger partial charge in [-0.05, 0) is 41.7 Å². The molecule has 1 nitrogen and oxygen atoms in total. The van der Waals surface area contributed by atoms with Crippen molar-refractivity contribution in [2.24, 2.45) is 0 Å². The van der Waals surface area contributed by atoms with E-state index in [2.05, 4.69) is 55.5 Å². The fourth-order valence-electron chi connectivity index (χ4n) is 2.77. The molecule has 0 spiro atoms. The Morgan fingerprint density at radius 3 is 2.22 bits per heavy atom. The van der Waals surface area contributed by atoms with Gasteiger partial charge in [0.2, 0.25) is 0 Å². The van der Waals surface area contributed by atoms with Crippen molar-refractivity contribution in [3.05, 3.63) is 65.7 Å². The molecule has 0 amide bonds. The van der Waals surface area contributed by atoms with Crippen LogP contribution < -0.4 is 4.74 Å². The van der Waals surface area contributed by atoms with E-state index in [9.17, 15) is 0 Å². The molecule has 122 valence electrons. The first kappa shape index (κ1) is 17.3. The molecule has 2 aromatic rings.